The molecular formula is C18H24N4O3. The van der Waals surface area contributed by atoms with E-state index >= 15 is 0 Å². The number of hydrogen-bond donors (Lipinski definition) is 2. The summed E-state index contributed by atoms with van der Waals surface area (Å²) in [5.41, 5.74) is 0.964. The van der Waals surface area contributed by atoms with Gasteiger partial charge in [0.05, 0.1) is 19.5 Å². The highest BCUT2D eigenvalue weighted by Crippen LogP contribution is 2.13. The largest absolute Gasteiger partial charge is 0.469 e. The molecule has 0 aromatic carbocycles. The summed E-state index contributed by atoms with van der Waals surface area (Å²) in [7, 11) is 0. The number of carbonyl (C=O) groups is 1. The number of furan rings is 1. The van der Waals surface area contributed by atoms with Gasteiger partial charge in [0.2, 0.25) is 0 Å². The first-order chi connectivity index (χ1) is 12.2. The van der Waals surface area contributed by atoms with Crippen LogP contribution in [0.1, 0.15) is 18.2 Å². The molecule has 1 atom stereocenters. The molecule has 7 heteroatoms. The second-order valence-corrected chi connectivity index (χ2v) is 6.14. The molecule has 1 aliphatic heterocycles. The number of aromatic nitrogens is 1. The third-order valence-electron chi connectivity index (χ3n) is 4.06. The van der Waals surface area contributed by atoms with Gasteiger partial charge < -0.3 is 24.7 Å². The van der Waals surface area contributed by atoms with Crippen molar-refractivity contribution in [3.05, 3.63) is 48.0 Å². The van der Waals surface area contributed by atoms with Crippen molar-refractivity contribution in [1.29, 1.82) is 0 Å². The number of anilines is 1. The first-order valence-corrected chi connectivity index (χ1v) is 8.55. The molecular weight excluding hydrogens is 320 g/mol. The van der Waals surface area contributed by atoms with Crippen LogP contribution < -0.4 is 15.5 Å². The van der Waals surface area contributed by atoms with Crippen LogP contribution in [0.2, 0.25) is 0 Å². The van der Waals surface area contributed by atoms with Gasteiger partial charge in [-0.25, -0.2) is 9.78 Å². The van der Waals surface area contributed by atoms with Crippen molar-refractivity contribution >= 4 is 11.8 Å². The molecule has 2 N–H and O–H groups in total. The van der Waals surface area contributed by atoms with Gasteiger partial charge in [0.15, 0.2) is 0 Å². The van der Waals surface area contributed by atoms with E-state index < -0.39 is 0 Å². The van der Waals surface area contributed by atoms with Gasteiger partial charge >= 0.3 is 6.03 Å². The number of rotatable bonds is 6. The summed E-state index contributed by atoms with van der Waals surface area (Å²) >= 11 is 0. The molecule has 3 rings (SSSR count). The summed E-state index contributed by atoms with van der Waals surface area (Å²) in [6.07, 6.45) is 4.10. The Bertz CT molecular complexity index is 651. The van der Waals surface area contributed by atoms with Gasteiger partial charge in [0.1, 0.15) is 11.6 Å². The van der Waals surface area contributed by atoms with Crippen molar-refractivity contribution in [2.75, 3.05) is 31.2 Å². The lowest BCUT2D eigenvalue weighted by Gasteiger charge is -2.27. The quantitative estimate of drug-likeness (QED) is 0.837. The van der Waals surface area contributed by atoms with Gasteiger partial charge in [0.25, 0.3) is 0 Å². The van der Waals surface area contributed by atoms with Crippen molar-refractivity contribution in [3.63, 3.8) is 0 Å². The number of hydrogen-bond acceptors (Lipinski definition) is 5. The van der Waals surface area contributed by atoms with E-state index in [1.54, 1.807) is 12.5 Å². The van der Waals surface area contributed by atoms with Crippen molar-refractivity contribution in [1.82, 2.24) is 15.6 Å². The minimum atomic E-state index is -0.198. The third kappa shape index (κ3) is 5.22. The molecule has 2 aromatic heterocycles. The minimum absolute atomic E-state index is 0.00651. The maximum Gasteiger partial charge on any atom is 0.315 e. The summed E-state index contributed by atoms with van der Waals surface area (Å²) in [5, 5.41) is 5.75. The van der Waals surface area contributed by atoms with E-state index in [2.05, 4.69) is 20.5 Å². The zero-order chi connectivity index (χ0) is 17.5. The predicted molar refractivity (Wildman–Crippen MR) is 94.5 cm³/mol. The molecule has 3 heterocycles. The van der Waals surface area contributed by atoms with Crippen LogP contribution in [0.5, 0.6) is 0 Å². The lowest BCUT2D eigenvalue weighted by atomic mass is 10.2. The van der Waals surface area contributed by atoms with E-state index in [4.69, 9.17) is 9.15 Å². The molecule has 2 aromatic rings. The summed E-state index contributed by atoms with van der Waals surface area (Å²) in [6.45, 7) is 5.58. The van der Waals surface area contributed by atoms with Gasteiger partial charge in [-0.2, -0.15) is 0 Å². The lowest BCUT2D eigenvalue weighted by molar-refractivity contribution is 0.122. The van der Waals surface area contributed by atoms with E-state index in [9.17, 15) is 4.79 Å². The Morgan fingerprint density at radius 2 is 2.16 bits per heavy atom. The Morgan fingerprint density at radius 3 is 2.84 bits per heavy atom. The van der Waals surface area contributed by atoms with Gasteiger partial charge in [-0.05, 0) is 30.7 Å². The number of carbonyl (C=O) groups excluding carboxylic acids is 1. The number of nitrogens with zero attached hydrogens (tertiary/aromatic N) is 2. The number of pyridine rings is 1. The monoisotopic (exact) mass is 344 g/mol. The molecule has 25 heavy (non-hydrogen) atoms. The average molecular weight is 344 g/mol. The molecule has 0 bridgehead atoms. The molecule has 0 radical (unpaired) electrons. The predicted octanol–water partition coefficient (Wildman–Crippen LogP) is 1.94. The molecule has 1 aliphatic rings. The second kappa shape index (κ2) is 8.53. The molecule has 1 unspecified atom stereocenters. The second-order valence-electron chi connectivity index (χ2n) is 6.14. The number of ether oxygens (including phenoxy) is 1. The first kappa shape index (κ1) is 17.3. The van der Waals surface area contributed by atoms with E-state index in [0.29, 0.717) is 13.0 Å². The highest BCUT2D eigenvalue weighted by Gasteiger charge is 2.12. The van der Waals surface area contributed by atoms with Crippen LogP contribution in [0, 0.1) is 0 Å². The Hall–Kier alpha value is -2.54. The van der Waals surface area contributed by atoms with Crippen molar-refractivity contribution in [2.24, 2.45) is 0 Å². The molecule has 134 valence electrons. The summed E-state index contributed by atoms with van der Waals surface area (Å²) in [5.74, 6) is 1.80. The van der Waals surface area contributed by atoms with Gasteiger partial charge in [-0.3, -0.25) is 0 Å². The van der Waals surface area contributed by atoms with Crippen LogP contribution in [-0.4, -0.2) is 43.4 Å². The van der Waals surface area contributed by atoms with Crippen LogP contribution in [0.25, 0.3) is 0 Å². The van der Waals surface area contributed by atoms with Crippen LogP contribution in [-0.2, 0) is 17.7 Å². The molecule has 0 saturated carbocycles. The van der Waals surface area contributed by atoms with E-state index in [1.807, 2.05) is 31.2 Å². The molecule has 1 fully saturated rings. The van der Waals surface area contributed by atoms with E-state index in [-0.39, 0.29) is 12.1 Å². The van der Waals surface area contributed by atoms with E-state index in [1.165, 1.54) is 0 Å². The van der Waals surface area contributed by atoms with Crippen LogP contribution in [0.3, 0.4) is 0 Å². The number of nitrogens with one attached hydrogen (secondary N) is 2. The molecule has 2 amide bonds. The Morgan fingerprint density at radius 1 is 1.32 bits per heavy atom. The Balaban J connectivity index is 1.42. The number of morpholine rings is 1. The van der Waals surface area contributed by atoms with Crippen molar-refractivity contribution in [3.8, 4) is 0 Å². The fraction of sp³-hybridized carbons (Fsp3) is 0.444. The molecule has 0 spiro atoms. The fourth-order valence-corrected chi connectivity index (χ4v) is 2.74. The average Bonchev–Trinajstić information content (AvgIpc) is 3.14. The van der Waals surface area contributed by atoms with Crippen molar-refractivity contribution in [2.45, 2.75) is 25.9 Å². The summed E-state index contributed by atoms with van der Waals surface area (Å²) < 4.78 is 10.6. The van der Waals surface area contributed by atoms with Crippen LogP contribution in [0.15, 0.2) is 41.1 Å². The van der Waals surface area contributed by atoms with Gasteiger partial charge in [-0.15, -0.1) is 0 Å². The van der Waals surface area contributed by atoms with Crippen LogP contribution >= 0.6 is 0 Å². The third-order valence-corrected chi connectivity index (χ3v) is 4.06. The standard InChI is InChI=1S/C18H24N4O3/c1-14(11-16-3-2-8-25-16)21-18(23)20-13-15-4-5-17(19-12-15)22-6-9-24-10-7-22/h2-5,8,12,14H,6-7,9-11,13H2,1H3,(H2,20,21,23). The van der Waals surface area contributed by atoms with Crippen molar-refractivity contribution < 1.29 is 13.9 Å². The first-order valence-electron chi connectivity index (χ1n) is 8.55. The van der Waals surface area contributed by atoms with Gasteiger partial charge in [-0.1, -0.05) is 6.07 Å². The smallest absolute Gasteiger partial charge is 0.315 e. The fourth-order valence-electron chi connectivity index (χ4n) is 2.74. The SMILES string of the molecule is CC(Cc1ccco1)NC(=O)NCc1ccc(N2CCOCC2)nc1. The zero-order valence-corrected chi connectivity index (χ0v) is 14.4. The Kier molecular flexibility index (Phi) is 5.90. The molecule has 1 saturated heterocycles. The van der Waals surface area contributed by atoms with E-state index in [0.717, 1.165) is 43.4 Å². The summed E-state index contributed by atoms with van der Waals surface area (Å²) in [6, 6.07) is 7.52. The zero-order valence-electron chi connectivity index (χ0n) is 14.4. The van der Waals surface area contributed by atoms with Gasteiger partial charge in [0, 0.05) is 38.3 Å². The molecule has 0 aliphatic carbocycles. The lowest BCUT2D eigenvalue weighted by Crippen LogP contribution is -2.41. The molecule has 7 nitrogen and oxygen atoms in total. The number of urea groups is 1. The maximum atomic E-state index is 12.0. The minimum Gasteiger partial charge on any atom is -0.469 e. The summed E-state index contributed by atoms with van der Waals surface area (Å²) in [4.78, 5) is 18.6. The highest BCUT2D eigenvalue weighted by molar-refractivity contribution is 5.74. The number of amides is 2. The normalized spacial score (nSPS) is 15.6. The Labute approximate surface area is 147 Å². The van der Waals surface area contributed by atoms with Crippen LogP contribution in [0.4, 0.5) is 10.6 Å². The highest BCUT2D eigenvalue weighted by atomic mass is 16.5. The topological polar surface area (TPSA) is 79.6 Å². The maximum absolute atomic E-state index is 12.0.